The fourth-order valence-corrected chi connectivity index (χ4v) is 5.77. The van der Waals surface area contributed by atoms with E-state index in [0.717, 1.165) is 15.9 Å². The van der Waals surface area contributed by atoms with E-state index in [-0.39, 0.29) is 28.7 Å². The molecule has 3 N–H and O–H groups in total. The van der Waals surface area contributed by atoms with Gasteiger partial charge in [0.25, 0.3) is 12.3 Å². The smallest absolute Gasteiger partial charge is 0.411 e. The van der Waals surface area contributed by atoms with Crippen LogP contribution in [-0.2, 0) is 10.3 Å². The molecule has 248 valence electrons. The first-order valence-corrected chi connectivity index (χ1v) is 14.5. The third kappa shape index (κ3) is 6.55. The highest BCUT2D eigenvalue weighted by Gasteiger charge is 2.54. The van der Waals surface area contributed by atoms with Crippen LogP contribution < -0.4 is 5.32 Å². The van der Waals surface area contributed by atoms with Crippen LogP contribution in [0, 0.1) is 5.41 Å². The van der Waals surface area contributed by atoms with E-state index in [2.05, 4.69) is 25.5 Å². The second-order valence-corrected chi connectivity index (χ2v) is 12.3. The number of aliphatic hydroxyl groups excluding tert-OH is 1. The van der Waals surface area contributed by atoms with Crippen molar-refractivity contribution in [3.63, 3.8) is 0 Å². The van der Waals surface area contributed by atoms with Crippen molar-refractivity contribution in [1.29, 1.82) is 0 Å². The number of halogens is 5. The summed E-state index contributed by atoms with van der Waals surface area (Å²) in [5, 5.41) is 30.0. The standard InChI is InChI=1S/C30H29ClF4N8O4/c1-29(2,3)14-30(19-7-4-16(5-8-19)18-11-37-41(12-18)26(34)35)25(45)42(27(40-30)39-28(46)47)22(13-44)17-6-9-20(31)21(10-17)43-24(23(32)33)36-15-38-43/h4-12,15,22-23,26,44H,13-14H2,1-3H3,(H,39,40)(H,46,47)/t22-,30-/m1/s1. The maximum Gasteiger partial charge on any atom is 0.411 e. The van der Waals surface area contributed by atoms with Gasteiger partial charge in [-0.25, -0.2) is 32.9 Å². The zero-order valence-electron chi connectivity index (χ0n) is 25.2. The summed E-state index contributed by atoms with van der Waals surface area (Å²) in [6, 6.07) is 9.30. The van der Waals surface area contributed by atoms with Gasteiger partial charge in [0.15, 0.2) is 11.4 Å². The molecule has 5 rings (SSSR count). The van der Waals surface area contributed by atoms with Crippen molar-refractivity contribution in [2.24, 2.45) is 10.4 Å². The fraction of sp³-hybridized carbons (Fsp3) is 0.333. The van der Waals surface area contributed by atoms with Crippen LogP contribution in [0.5, 0.6) is 0 Å². The topological polar surface area (TPSA) is 151 Å². The molecule has 0 fully saturated rings. The van der Waals surface area contributed by atoms with Crippen LogP contribution in [0.15, 0.2) is 66.2 Å². The molecule has 17 heteroatoms. The van der Waals surface area contributed by atoms with Crippen molar-refractivity contribution in [2.75, 3.05) is 6.61 Å². The summed E-state index contributed by atoms with van der Waals surface area (Å²) in [4.78, 5) is 35.8. The minimum absolute atomic E-state index is 0.0153. The molecule has 0 radical (unpaired) electrons. The van der Waals surface area contributed by atoms with E-state index in [9.17, 15) is 37.4 Å². The number of aliphatic hydroxyl groups is 1. The van der Waals surface area contributed by atoms with Gasteiger partial charge < -0.3 is 10.2 Å². The normalized spacial score (nSPS) is 17.5. The zero-order chi connectivity index (χ0) is 34.3. The highest BCUT2D eigenvalue weighted by Crippen LogP contribution is 2.45. The highest BCUT2D eigenvalue weighted by atomic mass is 35.5. The molecule has 0 saturated heterocycles. The lowest BCUT2D eigenvalue weighted by Gasteiger charge is -2.34. The number of alkyl halides is 4. The Morgan fingerprint density at radius 2 is 1.77 bits per heavy atom. The van der Waals surface area contributed by atoms with Crippen molar-refractivity contribution < 1.29 is 37.4 Å². The first-order chi connectivity index (χ1) is 22.1. The van der Waals surface area contributed by atoms with Gasteiger partial charge in [-0.1, -0.05) is 62.7 Å². The number of hydrogen-bond donors (Lipinski definition) is 3. The molecule has 12 nitrogen and oxygen atoms in total. The number of carbonyl (C=O) groups is 2. The van der Waals surface area contributed by atoms with Crippen LogP contribution in [0.1, 0.15) is 63.2 Å². The molecule has 2 aromatic carbocycles. The number of benzene rings is 2. The Bertz CT molecular complexity index is 1820. The van der Waals surface area contributed by atoms with Crippen LogP contribution in [0.3, 0.4) is 0 Å². The van der Waals surface area contributed by atoms with Gasteiger partial charge >= 0.3 is 12.6 Å². The quantitative estimate of drug-likeness (QED) is 0.186. The molecule has 0 unspecified atom stereocenters. The van der Waals surface area contributed by atoms with Gasteiger partial charge in [-0.15, -0.1) is 0 Å². The van der Waals surface area contributed by atoms with Crippen LogP contribution in [-0.4, -0.2) is 64.2 Å². The van der Waals surface area contributed by atoms with Crippen LogP contribution >= 0.6 is 11.6 Å². The summed E-state index contributed by atoms with van der Waals surface area (Å²) in [6.45, 7) is 2.04. The van der Waals surface area contributed by atoms with Crippen LogP contribution in [0.4, 0.5) is 22.4 Å². The molecule has 1 aliphatic heterocycles. The SMILES string of the molecule is CC(C)(C)C[C@]1(c2ccc(-c3cnn(C(F)F)c3)cc2)N=C(NC(=O)O)N([C@H](CO)c2ccc(Cl)c(-n3ncnc3C(F)F)c2)C1=O. The third-order valence-electron chi connectivity index (χ3n) is 7.44. The van der Waals surface area contributed by atoms with Gasteiger partial charge in [-0.2, -0.15) is 19.0 Å². The lowest BCUT2D eigenvalue weighted by molar-refractivity contribution is -0.135. The van der Waals surface area contributed by atoms with Gasteiger partial charge in [0.05, 0.1) is 29.6 Å². The summed E-state index contributed by atoms with van der Waals surface area (Å²) >= 11 is 6.34. The molecule has 1 aliphatic rings. The van der Waals surface area contributed by atoms with Crippen molar-refractivity contribution in [1.82, 2.24) is 34.8 Å². The highest BCUT2D eigenvalue weighted by molar-refractivity contribution is 6.32. The molecule has 2 amide bonds. The Morgan fingerprint density at radius 3 is 2.34 bits per heavy atom. The number of aromatic nitrogens is 5. The van der Waals surface area contributed by atoms with Crippen molar-refractivity contribution >= 4 is 29.6 Å². The average Bonchev–Trinajstić information content (AvgIpc) is 3.74. The van der Waals surface area contributed by atoms with Gasteiger partial charge in [-0.05, 0) is 40.7 Å². The number of amides is 2. The van der Waals surface area contributed by atoms with Crippen molar-refractivity contribution in [2.45, 2.75) is 51.7 Å². The minimum atomic E-state index is -2.99. The zero-order valence-corrected chi connectivity index (χ0v) is 25.9. The summed E-state index contributed by atoms with van der Waals surface area (Å²) in [5.41, 5.74) is -0.765. The van der Waals surface area contributed by atoms with E-state index in [0.29, 0.717) is 21.4 Å². The first kappa shape index (κ1) is 33.5. The van der Waals surface area contributed by atoms with E-state index in [1.807, 2.05) is 20.8 Å². The second kappa shape index (κ2) is 12.8. The van der Waals surface area contributed by atoms with Gasteiger partial charge in [0, 0.05) is 11.8 Å². The average molecular weight is 677 g/mol. The van der Waals surface area contributed by atoms with E-state index in [4.69, 9.17) is 11.6 Å². The number of hydrogen-bond acceptors (Lipinski definition) is 7. The molecule has 47 heavy (non-hydrogen) atoms. The lowest BCUT2D eigenvalue weighted by atomic mass is 9.75. The number of carbonyl (C=O) groups excluding carboxylic acids is 1. The van der Waals surface area contributed by atoms with E-state index in [1.54, 1.807) is 24.3 Å². The monoisotopic (exact) mass is 676 g/mol. The Morgan fingerprint density at radius 1 is 1.06 bits per heavy atom. The molecule has 0 aliphatic carbocycles. The molecule has 0 spiro atoms. The maximum atomic E-state index is 14.6. The lowest BCUT2D eigenvalue weighted by Crippen LogP contribution is -2.49. The molecule has 2 aromatic heterocycles. The Kier molecular flexibility index (Phi) is 9.10. The van der Waals surface area contributed by atoms with Gasteiger partial charge in [-0.3, -0.25) is 15.0 Å². The third-order valence-corrected chi connectivity index (χ3v) is 7.76. The van der Waals surface area contributed by atoms with E-state index < -0.39 is 54.4 Å². The summed E-state index contributed by atoms with van der Waals surface area (Å²) in [6.07, 6.45) is -1.06. The number of nitrogens with one attached hydrogen (secondary N) is 1. The first-order valence-electron chi connectivity index (χ1n) is 14.1. The molecule has 0 bridgehead atoms. The predicted octanol–water partition coefficient (Wildman–Crippen LogP) is 5.95. The molecule has 3 heterocycles. The largest absolute Gasteiger partial charge is 0.465 e. The summed E-state index contributed by atoms with van der Waals surface area (Å²) < 4.78 is 54.8. The van der Waals surface area contributed by atoms with Crippen LogP contribution in [0.2, 0.25) is 5.02 Å². The number of carboxylic acid groups (broad SMARTS) is 1. The van der Waals surface area contributed by atoms with E-state index in [1.165, 1.54) is 30.6 Å². The molecule has 2 atom stereocenters. The van der Waals surface area contributed by atoms with E-state index >= 15 is 0 Å². The number of rotatable bonds is 9. The van der Waals surface area contributed by atoms with Crippen LogP contribution in [0.25, 0.3) is 16.8 Å². The minimum Gasteiger partial charge on any atom is -0.465 e. The van der Waals surface area contributed by atoms with Gasteiger partial charge in [0.1, 0.15) is 6.33 Å². The molecular weight excluding hydrogens is 648 g/mol. The number of aliphatic imine (C=N–C) groups is 1. The number of nitrogens with zero attached hydrogens (tertiary/aromatic N) is 7. The molecule has 4 aromatic rings. The molecular formula is C30H29ClF4N8O4. The molecule has 0 saturated carbocycles. The fourth-order valence-electron chi connectivity index (χ4n) is 5.58. The number of guanidine groups is 1. The van der Waals surface area contributed by atoms with Crippen molar-refractivity contribution in [3.05, 3.63) is 83.2 Å². The Hall–Kier alpha value is -4.83. The summed E-state index contributed by atoms with van der Waals surface area (Å²) in [7, 11) is 0. The maximum absolute atomic E-state index is 14.6. The Labute approximate surface area is 270 Å². The van der Waals surface area contributed by atoms with Crippen molar-refractivity contribution in [3.8, 4) is 16.8 Å². The Balaban J connectivity index is 1.61. The summed E-state index contributed by atoms with van der Waals surface area (Å²) in [5.74, 6) is -1.75. The van der Waals surface area contributed by atoms with Gasteiger partial charge in [0.2, 0.25) is 5.96 Å². The second-order valence-electron chi connectivity index (χ2n) is 11.9. The predicted molar refractivity (Wildman–Crippen MR) is 161 cm³/mol.